The van der Waals surface area contributed by atoms with E-state index in [1.807, 2.05) is 143 Å². The number of hydrogen-bond acceptors (Lipinski definition) is 8. The van der Waals surface area contributed by atoms with E-state index >= 15 is 0 Å². The molecular formula is C74H77ClN2O6. The second-order valence-corrected chi connectivity index (χ2v) is 20.7. The van der Waals surface area contributed by atoms with Gasteiger partial charge in [0.2, 0.25) is 0 Å². The Bertz CT molecular complexity index is 3410. The molecule has 0 aliphatic carbocycles. The fraction of sp³-hybridized carbons (Fsp3) is 0.189. The molecule has 0 spiro atoms. The van der Waals surface area contributed by atoms with Gasteiger partial charge in [0.15, 0.2) is 0 Å². The summed E-state index contributed by atoms with van der Waals surface area (Å²) in [6, 6.07) is 76.9. The van der Waals surface area contributed by atoms with Gasteiger partial charge < -0.3 is 39.7 Å². The van der Waals surface area contributed by atoms with Crippen LogP contribution in [-0.4, -0.2) is 90.6 Å². The third-order valence-corrected chi connectivity index (χ3v) is 14.0. The van der Waals surface area contributed by atoms with Crippen molar-refractivity contribution in [3.63, 3.8) is 0 Å². The summed E-state index contributed by atoms with van der Waals surface area (Å²) in [5, 5.41) is 38.7. The first-order chi connectivity index (χ1) is 40.3. The van der Waals surface area contributed by atoms with Crippen molar-refractivity contribution in [3.8, 4) is 34.5 Å². The summed E-state index contributed by atoms with van der Waals surface area (Å²) in [4.78, 5) is 4.20. The largest absolute Gasteiger partial charge is 0.508 e. The zero-order chi connectivity index (χ0) is 58.9. The number of likely N-dealkylation sites (N-methyl/N-ethyl adjacent to an activating group) is 2. The van der Waals surface area contributed by atoms with E-state index in [0.29, 0.717) is 19.1 Å². The van der Waals surface area contributed by atoms with Gasteiger partial charge >= 0.3 is 0 Å². The monoisotopic (exact) mass is 1120 g/mol. The van der Waals surface area contributed by atoms with Gasteiger partial charge in [0, 0.05) is 19.0 Å². The highest BCUT2D eigenvalue weighted by molar-refractivity contribution is 6.18. The molecule has 8 nitrogen and oxygen atoms in total. The standard InChI is InChI=1S/C26H28ClNO2.C26H29NO2.C22H20O2/c1-28(2)18-19-30-24-14-10-22(11-15-24)26(21-8-12-23(29)13-9-21)25(16-17-27)20-6-4-3-5-7-20;1-4-25(20-8-6-5-7-9-20)26(21-10-14-23(28)15-11-21)22-12-16-24(17-13-22)29-19-18-27(2)3;1-2-21(16-6-4-3-5-7-16)22(17-8-12-19(23)13-9-17)18-10-14-20(24)15-11-18/h3-15,29H,16-19H2,1-2H3;5-17,28H,4,18-19H2,1-3H3;3-15,23-24H,2H2,1H3/b2*26-25-;. The molecule has 0 aromatic heterocycles. The van der Waals surface area contributed by atoms with E-state index in [0.717, 1.165) is 93.9 Å². The minimum absolute atomic E-state index is 0.251. The molecule has 4 N–H and O–H groups in total. The molecule has 0 atom stereocenters. The fourth-order valence-electron chi connectivity index (χ4n) is 9.66. The number of aromatic hydroxyl groups is 4. The summed E-state index contributed by atoms with van der Waals surface area (Å²) in [6.45, 7) is 7.39. The Morgan fingerprint density at radius 3 is 0.807 bits per heavy atom. The molecule has 0 fully saturated rings. The summed E-state index contributed by atoms with van der Waals surface area (Å²) in [7, 11) is 8.14. The predicted molar refractivity (Wildman–Crippen MR) is 346 cm³/mol. The molecule has 0 aliphatic rings. The van der Waals surface area contributed by atoms with Crippen molar-refractivity contribution >= 4 is 45.0 Å². The van der Waals surface area contributed by atoms with Crippen LogP contribution in [0.15, 0.2) is 237 Å². The number of alkyl halides is 1. The smallest absolute Gasteiger partial charge is 0.119 e. The number of nitrogens with zero attached hydrogens (tertiary/aromatic N) is 2. The van der Waals surface area contributed by atoms with Crippen LogP contribution < -0.4 is 9.47 Å². The number of halogens is 1. The molecule has 83 heavy (non-hydrogen) atoms. The first-order valence-electron chi connectivity index (χ1n) is 28.2. The van der Waals surface area contributed by atoms with E-state index < -0.39 is 0 Å². The van der Waals surface area contributed by atoms with Crippen LogP contribution in [0.25, 0.3) is 33.4 Å². The Morgan fingerprint density at radius 2 is 0.566 bits per heavy atom. The lowest BCUT2D eigenvalue weighted by molar-refractivity contribution is 0.261. The number of ether oxygens (including phenoxy) is 2. The molecule has 0 unspecified atom stereocenters. The Balaban J connectivity index is 0.000000180. The van der Waals surface area contributed by atoms with Crippen molar-refractivity contribution in [1.29, 1.82) is 0 Å². The number of phenols is 4. The molecule has 0 saturated carbocycles. The zero-order valence-corrected chi connectivity index (χ0v) is 49.3. The summed E-state index contributed by atoms with van der Waals surface area (Å²) in [5.74, 6) is 3.28. The van der Waals surface area contributed by atoms with Gasteiger partial charge in [-0.2, -0.15) is 0 Å². The predicted octanol–water partition coefficient (Wildman–Crippen LogP) is 17.1. The van der Waals surface area contributed by atoms with Crippen LogP contribution in [0.2, 0.25) is 0 Å². The summed E-state index contributed by atoms with van der Waals surface area (Å²) < 4.78 is 11.7. The van der Waals surface area contributed by atoms with Gasteiger partial charge in [-0.05, 0) is 204 Å². The van der Waals surface area contributed by atoms with Gasteiger partial charge in [-0.1, -0.05) is 178 Å². The molecule has 0 aliphatic heterocycles. The van der Waals surface area contributed by atoms with E-state index in [4.69, 9.17) is 21.1 Å². The first-order valence-corrected chi connectivity index (χ1v) is 28.7. The second kappa shape index (κ2) is 32.0. The molecule has 0 radical (unpaired) electrons. The van der Waals surface area contributed by atoms with Crippen LogP contribution in [0.1, 0.15) is 83.2 Å². The van der Waals surface area contributed by atoms with Crippen LogP contribution in [0.4, 0.5) is 0 Å². The van der Waals surface area contributed by atoms with Crippen LogP contribution in [0.3, 0.4) is 0 Å². The maximum atomic E-state index is 9.77. The molecule has 0 heterocycles. The van der Waals surface area contributed by atoms with Crippen molar-refractivity contribution in [1.82, 2.24) is 9.80 Å². The first kappa shape index (κ1) is 61.8. The van der Waals surface area contributed by atoms with Crippen molar-refractivity contribution in [2.45, 2.75) is 33.1 Å². The van der Waals surface area contributed by atoms with Gasteiger partial charge in [0.25, 0.3) is 0 Å². The molecule has 426 valence electrons. The van der Waals surface area contributed by atoms with Crippen LogP contribution in [-0.2, 0) is 0 Å². The maximum absolute atomic E-state index is 9.77. The molecule has 9 aromatic carbocycles. The lowest BCUT2D eigenvalue weighted by Crippen LogP contribution is -2.19. The SMILES string of the molecule is CC/C(=C(\c1ccc(O)cc1)c1ccc(OCCN(C)C)cc1)c1ccccc1.CCC(=C(c1ccc(O)cc1)c1ccc(O)cc1)c1ccccc1.CN(C)CCOc1ccc(/C(=C(/CCCl)c2ccccc2)c2ccc(O)cc2)cc1. The fourth-order valence-corrected chi connectivity index (χ4v) is 9.85. The number of allylic oxidation sites excluding steroid dienone is 3. The molecule has 0 amide bonds. The number of rotatable bonds is 21. The third-order valence-electron chi connectivity index (χ3n) is 13.8. The quantitative estimate of drug-likeness (QED) is 0.0417. The summed E-state index contributed by atoms with van der Waals surface area (Å²) in [5.41, 5.74) is 17.1. The summed E-state index contributed by atoms with van der Waals surface area (Å²) in [6.07, 6.45) is 2.52. The average Bonchev–Trinajstić information content (AvgIpc) is 3.50. The number of phenolic OH excluding ortho intramolecular Hbond substituents is 4. The maximum Gasteiger partial charge on any atom is 0.119 e. The van der Waals surface area contributed by atoms with Gasteiger partial charge in [-0.3, -0.25) is 0 Å². The van der Waals surface area contributed by atoms with Crippen LogP contribution in [0.5, 0.6) is 34.5 Å². The molecule has 0 saturated heterocycles. The molecule has 9 heteroatoms. The topological polar surface area (TPSA) is 106 Å². The van der Waals surface area contributed by atoms with E-state index in [2.05, 4.69) is 96.4 Å². The number of benzene rings is 9. The van der Waals surface area contributed by atoms with Crippen LogP contribution in [0, 0.1) is 0 Å². The molecule has 9 aromatic rings. The Kier molecular flexibility index (Phi) is 23.8. The summed E-state index contributed by atoms with van der Waals surface area (Å²) >= 11 is 6.20. The lowest BCUT2D eigenvalue weighted by Gasteiger charge is -2.17. The van der Waals surface area contributed by atoms with Gasteiger partial charge in [-0.25, -0.2) is 0 Å². The highest BCUT2D eigenvalue weighted by atomic mass is 35.5. The van der Waals surface area contributed by atoms with Gasteiger partial charge in [-0.15, -0.1) is 11.6 Å². The molecular weight excluding hydrogens is 1050 g/mol. The van der Waals surface area contributed by atoms with Crippen LogP contribution >= 0.6 is 11.6 Å². The minimum Gasteiger partial charge on any atom is -0.508 e. The zero-order valence-electron chi connectivity index (χ0n) is 48.6. The lowest BCUT2D eigenvalue weighted by atomic mass is 9.88. The van der Waals surface area contributed by atoms with E-state index in [-0.39, 0.29) is 23.0 Å². The highest BCUT2D eigenvalue weighted by Crippen LogP contribution is 2.39. The second-order valence-electron chi connectivity index (χ2n) is 20.3. The average molecular weight is 1130 g/mol. The van der Waals surface area contributed by atoms with Gasteiger partial charge in [0.05, 0.1) is 0 Å². The van der Waals surface area contributed by atoms with E-state index in [1.165, 1.54) is 33.4 Å². The van der Waals surface area contributed by atoms with Crippen molar-refractivity contribution in [3.05, 3.63) is 287 Å². The van der Waals surface area contributed by atoms with Crippen molar-refractivity contribution in [2.75, 3.05) is 60.4 Å². The third kappa shape index (κ3) is 18.4. The van der Waals surface area contributed by atoms with Crippen molar-refractivity contribution in [2.24, 2.45) is 0 Å². The molecule has 9 rings (SSSR count). The van der Waals surface area contributed by atoms with Gasteiger partial charge in [0.1, 0.15) is 47.7 Å². The van der Waals surface area contributed by atoms with Crippen molar-refractivity contribution < 1.29 is 29.9 Å². The Hall–Kier alpha value is -8.79. The Labute approximate surface area is 496 Å². The van der Waals surface area contributed by atoms with E-state index in [1.54, 1.807) is 48.5 Å². The highest BCUT2D eigenvalue weighted by Gasteiger charge is 2.17. The molecule has 0 bridgehead atoms. The van der Waals surface area contributed by atoms with E-state index in [9.17, 15) is 20.4 Å². The Morgan fingerprint density at radius 1 is 0.325 bits per heavy atom. The normalized spacial score (nSPS) is 11.5. The number of hydrogen-bond donors (Lipinski definition) is 4. The minimum atomic E-state index is 0.251.